The summed E-state index contributed by atoms with van der Waals surface area (Å²) in [6, 6.07) is 3.72. The number of piperidine rings is 1. The number of hydrogen-bond acceptors (Lipinski definition) is 4. The van der Waals surface area contributed by atoms with Gasteiger partial charge in [0.25, 0.3) is 0 Å². The van der Waals surface area contributed by atoms with Crippen LogP contribution in [0.5, 0.6) is 0 Å². The summed E-state index contributed by atoms with van der Waals surface area (Å²) in [7, 11) is 0. The minimum Gasteiger partial charge on any atom is -0.348 e. The first-order chi connectivity index (χ1) is 11.3. The van der Waals surface area contributed by atoms with Crippen LogP contribution in [-0.4, -0.2) is 49.1 Å². The van der Waals surface area contributed by atoms with Gasteiger partial charge in [0, 0.05) is 11.4 Å². The number of nitrogens with zero attached hydrogens (tertiary/aromatic N) is 1. The second-order valence-electron chi connectivity index (χ2n) is 5.81. The smallest absolute Gasteiger partial charge is 0.348 e. The zero-order valence-corrected chi connectivity index (χ0v) is 13.9. The van der Waals surface area contributed by atoms with Crippen molar-refractivity contribution < 1.29 is 22.8 Å². The number of likely N-dealkylation sites (tertiary alicyclic amines) is 1. The molecule has 2 rings (SSSR count). The lowest BCUT2D eigenvalue weighted by atomic mass is 9.97. The van der Waals surface area contributed by atoms with Crippen LogP contribution in [0.15, 0.2) is 17.5 Å². The van der Waals surface area contributed by atoms with Crippen LogP contribution in [0.4, 0.5) is 13.2 Å². The van der Waals surface area contributed by atoms with Gasteiger partial charge in [-0.3, -0.25) is 14.5 Å². The van der Waals surface area contributed by atoms with Gasteiger partial charge >= 0.3 is 18.0 Å². The molecule has 0 bridgehead atoms. The largest absolute Gasteiger partial charge is 0.401 e. The van der Waals surface area contributed by atoms with Gasteiger partial charge in [-0.25, -0.2) is 0 Å². The van der Waals surface area contributed by atoms with Gasteiger partial charge in [0.15, 0.2) is 0 Å². The Bertz CT molecular complexity index is 541. The summed E-state index contributed by atoms with van der Waals surface area (Å²) in [4.78, 5) is 25.7. The zero-order chi connectivity index (χ0) is 17.6. The molecule has 1 aliphatic rings. The number of carbonyl (C=O) groups is 2. The highest BCUT2D eigenvalue weighted by Crippen LogP contribution is 2.22. The van der Waals surface area contributed by atoms with Crippen LogP contribution in [0.1, 0.15) is 17.7 Å². The van der Waals surface area contributed by atoms with E-state index in [1.807, 2.05) is 17.5 Å². The van der Waals surface area contributed by atoms with Gasteiger partial charge in [-0.05, 0) is 43.3 Å². The fourth-order valence-corrected chi connectivity index (χ4v) is 3.22. The highest BCUT2D eigenvalue weighted by Gasteiger charge is 2.32. The van der Waals surface area contributed by atoms with Crippen LogP contribution >= 0.6 is 11.3 Å². The average molecular weight is 363 g/mol. The van der Waals surface area contributed by atoms with E-state index in [4.69, 9.17) is 0 Å². The van der Waals surface area contributed by atoms with E-state index < -0.39 is 24.5 Å². The van der Waals surface area contributed by atoms with Gasteiger partial charge in [0.1, 0.15) is 0 Å². The molecule has 2 heterocycles. The lowest BCUT2D eigenvalue weighted by Gasteiger charge is -2.32. The maximum absolute atomic E-state index is 12.3. The summed E-state index contributed by atoms with van der Waals surface area (Å²) in [6.07, 6.45) is -3.03. The lowest BCUT2D eigenvalue weighted by Crippen LogP contribution is -2.45. The second-order valence-corrected chi connectivity index (χ2v) is 6.84. The van der Waals surface area contributed by atoms with Gasteiger partial charge in [0.2, 0.25) is 0 Å². The Kier molecular flexibility index (Phi) is 6.61. The van der Waals surface area contributed by atoms with Gasteiger partial charge in [0.05, 0.1) is 13.1 Å². The Morgan fingerprint density at radius 1 is 1.21 bits per heavy atom. The second kappa shape index (κ2) is 8.48. The number of amides is 2. The number of rotatable bonds is 5. The Morgan fingerprint density at radius 3 is 2.46 bits per heavy atom. The third kappa shape index (κ3) is 6.48. The molecule has 0 aromatic carbocycles. The Labute approximate surface area is 142 Å². The zero-order valence-electron chi connectivity index (χ0n) is 13.1. The number of carbonyl (C=O) groups excluding carboxylic acids is 2. The molecule has 0 saturated carbocycles. The number of nitrogens with one attached hydrogen (secondary N) is 2. The normalized spacial score (nSPS) is 16.8. The molecule has 0 atom stereocenters. The van der Waals surface area contributed by atoms with E-state index >= 15 is 0 Å². The number of thiophene rings is 1. The van der Waals surface area contributed by atoms with Crippen molar-refractivity contribution in [3.63, 3.8) is 0 Å². The third-order valence-electron chi connectivity index (χ3n) is 3.87. The predicted octanol–water partition coefficient (Wildman–Crippen LogP) is 1.75. The summed E-state index contributed by atoms with van der Waals surface area (Å²) < 4.78 is 36.9. The van der Waals surface area contributed by atoms with E-state index in [-0.39, 0.29) is 5.92 Å². The number of hydrogen-bond donors (Lipinski definition) is 2. The van der Waals surface area contributed by atoms with E-state index in [1.165, 1.54) is 16.2 Å². The summed E-state index contributed by atoms with van der Waals surface area (Å²) in [5.74, 6) is -1.30. The van der Waals surface area contributed by atoms with Crippen LogP contribution in [0.25, 0.3) is 0 Å². The predicted molar refractivity (Wildman–Crippen MR) is 84.4 cm³/mol. The molecule has 134 valence electrons. The molecule has 2 amide bonds. The molecule has 2 N–H and O–H groups in total. The van der Waals surface area contributed by atoms with Gasteiger partial charge in [-0.15, -0.1) is 11.3 Å². The molecule has 1 aromatic heterocycles. The van der Waals surface area contributed by atoms with E-state index in [0.717, 1.165) is 4.88 Å². The Balaban J connectivity index is 1.63. The highest BCUT2D eigenvalue weighted by atomic mass is 32.1. The fraction of sp³-hybridized carbons (Fsp3) is 0.600. The molecule has 0 radical (unpaired) electrons. The summed E-state index contributed by atoms with van der Waals surface area (Å²) >= 11 is 1.49. The lowest BCUT2D eigenvalue weighted by molar-refractivity contribution is -0.148. The molecule has 5 nitrogen and oxygen atoms in total. The van der Waals surface area contributed by atoms with Crippen molar-refractivity contribution in [2.75, 3.05) is 26.2 Å². The first-order valence-corrected chi connectivity index (χ1v) is 8.59. The molecule has 1 saturated heterocycles. The van der Waals surface area contributed by atoms with E-state index in [1.54, 1.807) is 0 Å². The molecule has 0 aliphatic carbocycles. The van der Waals surface area contributed by atoms with Crippen LogP contribution in [0.3, 0.4) is 0 Å². The monoisotopic (exact) mass is 363 g/mol. The van der Waals surface area contributed by atoms with Crippen molar-refractivity contribution >= 4 is 23.2 Å². The fourth-order valence-electron chi connectivity index (χ4n) is 2.58. The van der Waals surface area contributed by atoms with Gasteiger partial charge in [-0.1, -0.05) is 6.07 Å². The molecule has 0 unspecified atom stereocenters. The van der Waals surface area contributed by atoms with Crippen LogP contribution in [0, 0.1) is 5.92 Å². The highest BCUT2D eigenvalue weighted by molar-refractivity contribution is 7.09. The van der Waals surface area contributed by atoms with Crippen molar-refractivity contribution in [2.45, 2.75) is 25.6 Å². The van der Waals surface area contributed by atoms with Crippen molar-refractivity contribution in [1.82, 2.24) is 15.5 Å². The molecule has 1 aromatic rings. The average Bonchev–Trinajstić information content (AvgIpc) is 3.03. The molecular formula is C15H20F3N3O2S. The standard InChI is InChI=1S/C15H20F3N3O2S/c16-15(17,18)10-21-5-3-11(4-6-21)8-19-13(22)14(23)20-9-12-2-1-7-24-12/h1-2,7,11H,3-6,8-10H2,(H,19,22)(H,20,23). The van der Waals surface area contributed by atoms with E-state index in [2.05, 4.69) is 10.6 Å². The first kappa shape index (κ1) is 18.7. The first-order valence-electron chi connectivity index (χ1n) is 7.71. The summed E-state index contributed by atoms with van der Waals surface area (Å²) in [6.45, 7) is 0.428. The molecule has 1 fully saturated rings. The molecule has 1 aliphatic heterocycles. The van der Waals surface area contributed by atoms with Crippen molar-refractivity contribution in [3.05, 3.63) is 22.4 Å². The van der Waals surface area contributed by atoms with E-state index in [0.29, 0.717) is 39.0 Å². The van der Waals surface area contributed by atoms with E-state index in [9.17, 15) is 22.8 Å². The van der Waals surface area contributed by atoms with Crippen molar-refractivity contribution in [3.8, 4) is 0 Å². The minimum atomic E-state index is -4.18. The third-order valence-corrected chi connectivity index (χ3v) is 4.75. The topological polar surface area (TPSA) is 61.4 Å². The SMILES string of the molecule is O=C(NCc1cccs1)C(=O)NCC1CCN(CC(F)(F)F)CC1. The maximum atomic E-state index is 12.3. The Morgan fingerprint density at radius 2 is 1.88 bits per heavy atom. The maximum Gasteiger partial charge on any atom is 0.401 e. The number of alkyl halides is 3. The van der Waals surface area contributed by atoms with Crippen LogP contribution in [-0.2, 0) is 16.1 Å². The Hall–Kier alpha value is -1.61. The quantitative estimate of drug-likeness (QED) is 0.784. The van der Waals surface area contributed by atoms with Crippen molar-refractivity contribution in [2.24, 2.45) is 5.92 Å². The number of halogens is 3. The molecular weight excluding hydrogens is 343 g/mol. The molecule has 0 spiro atoms. The van der Waals surface area contributed by atoms with Crippen molar-refractivity contribution in [1.29, 1.82) is 0 Å². The summed E-state index contributed by atoms with van der Waals surface area (Å²) in [5.41, 5.74) is 0. The summed E-state index contributed by atoms with van der Waals surface area (Å²) in [5, 5.41) is 6.97. The minimum absolute atomic E-state index is 0.100. The van der Waals surface area contributed by atoms with Crippen LogP contribution in [0.2, 0.25) is 0 Å². The van der Waals surface area contributed by atoms with Gasteiger partial charge in [-0.2, -0.15) is 13.2 Å². The molecule has 24 heavy (non-hydrogen) atoms. The van der Waals surface area contributed by atoms with Crippen LogP contribution < -0.4 is 10.6 Å². The molecule has 9 heteroatoms. The van der Waals surface area contributed by atoms with Gasteiger partial charge < -0.3 is 10.6 Å².